The molecule has 11 heteroatoms. The Balaban J connectivity index is 1.34. The lowest BCUT2D eigenvalue weighted by atomic mass is 10.1. The van der Waals surface area contributed by atoms with Gasteiger partial charge in [0.2, 0.25) is 0 Å². The normalized spacial score (nSPS) is 14.1. The predicted molar refractivity (Wildman–Crippen MR) is 118 cm³/mol. The molecule has 0 saturated carbocycles. The summed E-state index contributed by atoms with van der Waals surface area (Å²) in [5.74, 6) is 0.0133. The fourth-order valence-corrected chi connectivity index (χ4v) is 3.57. The Bertz CT molecular complexity index is 1150. The van der Waals surface area contributed by atoms with Gasteiger partial charge < -0.3 is 19.9 Å². The summed E-state index contributed by atoms with van der Waals surface area (Å²) in [4.78, 5) is 15.9. The van der Waals surface area contributed by atoms with Gasteiger partial charge in [0.25, 0.3) is 0 Å². The number of amides is 2. The maximum Gasteiger partial charge on any atom is 0.419 e. The zero-order valence-corrected chi connectivity index (χ0v) is 18.1. The lowest BCUT2D eigenvalue weighted by Crippen LogP contribution is -2.50. The van der Waals surface area contributed by atoms with Gasteiger partial charge in [-0.2, -0.15) is 13.2 Å². The van der Waals surface area contributed by atoms with Crippen LogP contribution in [0.2, 0.25) is 0 Å². The Morgan fingerprint density at radius 1 is 0.971 bits per heavy atom. The molecule has 1 N–H and O–H groups in total. The van der Waals surface area contributed by atoms with Crippen molar-refractivity contribution in [1.29, 1.82) is 0 Å². The maximum atomic E-state index is 13.4. The number of ether oxygens (including phenoxy) is 1. The van der Waals surface area contributed by atoms with Gasteiger partial charge in [-0.15, -0.1) is 10.2 Å². The van der Waals surface area contributed by atoms with Crippen molar-refractivity contribution in [3.05, 3.63) is 66.0 Å². The van der Waals surface area contributed by atoms with Crippen LogP contribution in [-0.2, 0) is 6.18 Å². The van der Waals surface area contributed by atoms with Crippen LogP contribution >= 0.6 is 0 Å². The first kappa shape index (κ1) is 23.3. The van der Waals surface area contributed by atoms with Crippen molar-refractivity contribution in [2.24, 2.45) is 0 Å². The van der Waals surface area contributed by atoms with E-state index in [9.17, 15) is 22.4 Å². The van der Waals surface area contributed by atoms with Crippen molar-refractivity contribution in [1.82, 2.24) is 15.1 Å². The molecule has 4 rings (SSSR count). The third kappa shape index (κ3) is 5.19. The maximum absolute atomic E-state index is 13.4. The Morgan fingerprint density at radius 2 is 1.68 bits per heavy atom. The summed E-state index contributed by atoms with van der Waals surface area (Å²) < 4.78 is 57.3. The molecule has 7 nitrogen and oxygen atoms in total. The number of rotatable bonds is 4. The molecule has 3 aromatic rings. The number of carbonyl (C=O) groups is 1. The van der Waals surface area contributed by atoms with Crippen molar-refractivity contribution in [3.8, 4) is 17.0 Å². The van der Waals surface area contributed by atoms with Crippen molar-refractivity contribution in [3.63, 3.8) is 0 Å². The van der Waals surface area contributed by atoms with Crippen LogP contribution in [0.1, 0.15) is 5.56 Å². The number of urea groups is 1. The summed E-state index contributed by atoms with van der Waals surface area (Å²) in [5, 5.41) is 11.0. The molecule has 0 radical (unpaired) electrons. The van der Waals surface area contributed by atoms with Crippen LogP contribution in [0.15, 0.2) is 54.6 Å². The molecule has 34 heavy (non-hydrogen) atoms. The van der Waals surface area contributed by atoms with Crippen LogP contribution in [-0.4, -0.2) is 54.4 Å². The van der Waals surface area contributed by atoms with Gasteiger partial charge in [0.1, 0.15) is 11.6 Å². The molecule has 0 aliphatic carbocycles. The fraction of sp³-hybridized carbons (Fsp3) is 0.261. The highest BCUT2D eigenvalue weighted by molar-refractivity contribution is 5.89. The molecular formula is C23H21F4N5O2. The number of nitrogens with one attached hydrogen (secondary N) is 1. The van der Waals surface area contributed by atoms with Crippen molar-refractivity contribution >= 4 is 17.5 Å². The molecule has 1 aromatic heterocycles. The van der Waals surface area contributed by atoms with Crippen LogP contribution in [0.25, 0.3) is 11.3 Å². The van der Waals surface area contributed by atoms with Crippen LogP contribution < -0.4 is 15.0 Å². The van der Waals surface area contributed by atoms with Gasteiger partial charge in [-0.05, 0) is 54.6 Å². The topological polar surface area (TPSA) is 70.6 Å². The van der Waals surface area contributed by atoms with Gasteiger partial charge in [0.05, 0.1) is 18.4 Å². The average molecular weight is 475 g/mol. The zero-order valence-electron chi connectivity index (χ0n) is 18.1. The van der Waals surface area contributed by atoms with Crippen molar-refractivity contribution in [2.45, 2.75) is 6.18 Å². The van der Waals surface area contributed by atoms with Crippen LogP contribution in [0.5, 0.6) is 5.75 Å². The molecule has 1 saturated heterocycles. The monoisotopic (exact) mass is 475 g/mol. The summed E-state index contributed by atoms with van der Waals surface area (Å²) in [6.07, 6.45) is -4.85. The third-order valence-corrected chi connectivity index (χ3v) is 5.45. The minimum atomic E-state index is -4.85. The highest BCUT2D eigenvalue weighted by atomic mass is 19.4. The summed E-state index contributed by atoms with van der Waals surface area (Å²) in [5.41, 5.74) is 0.0608. The molecule has 0 unspecified atom stereocenters. The number of anilines is 2. The van der Waals surface area contributed by atoms with Crippen LogP contribution in [0.3, 0.4) is 0 Å². The first-order valence-electron chi connectivity index (χ1n) is 10.4. The number of carbonyl (C=O) groups excluding carboxylic acids is 1. The van der Waals surface area contributed by atoms with E-state index in [2.05, 4.69) is 15.5 Å². The van der Waals surface area contributed by atoms with Crippen LogP contribution in [0.4, 0.5) is 33.9 Å². The summed E-state index contributed by atoms with van der Waals surface area (Å²) >= 11 is 0. The molecule has 1 fully saturated rings. The van der Waals surface area contributed by atoms with E-state index in [0.29, 0.717) is 49.8 Å². The number of halogens is 4. The molecule has 1 aliphatic heterocycles. The number of nitrogens with zero attached hydrogens (tertiary/aromatic N) is 4. The highest BCUT2D eigenvalue weighted by Crippen LogP contribution is 2.33. The number of hydrogen-bond donors (Lipinski definition) is 1. The fourth-order valence-electron chi connectivity index (χ4n) is 3.57. The molecule has 2 aromatic carbocycles. The number of hydrogen-bond acceptors (Lipinski definition) is 5. The molecule has 178 valence electrons. The summed E-state index contributed by atoms with van der Waals surface area (Å²) in [6, 6.07) is 13.0. The van der Waals surface area contributed by atoms with Crippen molar-refractivity contribution < 1.29 is 27.1 Å². The Kier molecular flexibility index (Phi) is 6.53. The Hall–Kier alpha value is -3.89. The lowest BCUT2D eigenvalue weighted by molar-refractivity contribution is -0.139. The standard InChI is InChI=1S/C23H21F4N5O2/c1-34-17-5-2-15(3-6-17)20-8-9-21(30-29-20)31-10-12-32(13-11-31)22(33)28-16-4-7-19(24)18(14-16)23(25,26)27/h2-9,14H,10-13H2,1H3,(H,28,33). The second-order valence-corrected chi connectivity index (χ2v) is 7.60. The number of aromatic nitrogens is 2. The minimum absolute atomic E-state index is 0.124. The minimum Gasteiger partial charge on any atom is -0.497 e. The van der Waals surface area contributed by atoms with E-state index in [4.69, 9.17) is 4.74 Å². The lowest BCUT2D eigenvalue weighted by Gasteiger charge is -2.35. The largest absolute Gasteiger partial charge is 0.497 e. The number of alkyl halides is 3. The quantitative estimate of drug-likeness (QED) is 0.556. The molecule has 1 aliphatic rings. The van der Waals surface area contributed by atoms with E-state index in [-0.39, 0.29) is 5.69 Å². The molecule has 0 bridgehead atoms. The molecule has 2 amide bonds. The molecule has 0 atom stereocenters. The van der Waals surface area contributed by atoms with Gasteiger partial charge in [-0.3, -0.25) is 0 Å². The Labute approximate surface area is 193 Å². The smallest absolute Gasteiger partial charge is 0.419 e. The van der Waals surface area contributed by atoms with Gasteiger partial charge in [0.15, 0.2) is 5.82 Å². The van der Waals surface area contributed by atoms with Gasteiger partial charge in [-0.25, -0.2) is 9.18 Å². The van der Waals surface area contributed by atoms with Crippen molar-refractivity contribution in [2.75, 3.05) is 43.5 Å². The second kappa shape index (κ2) is 9.54. The number of methoxy groups -OCH3 is 1. The molecular weight excluding hydrogens is 454 g/mol. The number of benzene rings is 2. The van der Waals surface area contributed by atoms with E-state index in [1.807, 2.05) is 41.3 Å². The average Bonchev–Trinajstić information content (AvgIpc) is 2.85. The first-order valence-corrected chi connectivity index (χ1v) is 10.4. The summed E-state index contributed by atoms with van der Waals surface area (Å²) in [7, 11) is 1.60. The van der Waals surface area contributed by atoms with Gasteiger partial charge in [0, 0.05) is 37.4 Å². The van der Waals surface area contributed by atoms with E-state index >= 15 is 0 Å². The van der Waals surface area contributed by atoms with E-state index in [1.165, 1.54) is 4.90 Å². The second-order valence-electron chi connectivity index (χ2n) is 7.60. The van der Waals surface area contributed by atoms with E-state index in [1.54, 1.807) is 7.11 Å². The van der Waals surface area contributed by atoms with E-state index < -0.39 is 23.6 Å². The SMILES string of the molecule is COc1ccc(-c2ccc(N3CCN(C(=O)Nc4ccc(F)c(C(F)(F)F)c4)CC3)nn2)cc1. The first-order chi connectivity index (χ1) is 16.2. The number of piperazine rings is 1. The van der Waals surface area contributed by atoms with Gasteiger partial charge >= 0.3 is 12.2 Å². The van der Waals surface area contributed by atoms with E-state index in [0.717, 1.165) is 17.4 Å². The third-order valence-electron chi connectivity index (χ3n) is 5.45. The zero-order chi connectivity index (χ0) is 24.3. The molecule has 2 heterocycles. The Morgan fingerprint density at radius 3 is 2.26 bits per heavy atom. The highest BCUT2D eigenvalue weighted by Gasteiger charge is 2.34. The summed E-state index contributed by atoms with van der Waals surface area (Å²) in [6.45, 7) is 1.62. The van der Waals surface area contributed by atoms with Crippen LogP contribution in [0, 0.1) is 5.82 Å². The predicted octanol–water partition coefficient (Wildman–Crippen LogP) is 4.66. The van der Waals surface area contributed by atoms with Gasteiger partial charge in [-0.1, -0.05) is 0 Å². The molecule has 0 spiro atoms.